The van der Waals surface area contributed by atoms with Gasteiger partial charge >= 0.3 is 5.97 Å². The highest BCUT2D eigenvalue weighted by Crippen LogP contribution is 2.20. The second-order valence-electron chi connectivity index (χ2n) is 4.77. The quantitative estimate of drug-likeness (QED) is 0.539. The third kappa shape index (κ3) is 3.54. The summed E-state index contributed by atoms with van der Waals surface area (Å²) in [5.74, 6) is 0.144. The fraction of sp³-hybridized carbons (Fsp3) is 0.125. The van der Waals surface area contributed by atoms with Crippen LogP contribution in [0.25, 0.3) is 11.4 Å². The first kappa shape index (κ1) is 15.2. The Morgan fingerprint density at radius 3 is 2.83 bits per heavy atom. The molecule has 0 radical (unpaired) electrons. The van der Waals surface area contributed by atoms with Gasteiger partial charge in [-0.05, 0) is 24.6 Å². The van der Waals surface area contributed by atoms with Crippen molar-refractivity contribution >= 4 is 17.6 Å². The number of carbonyl (C=O) groups excluding carboxylic acids is 1. The summed E-state index contributed by atoms with van der Waals surface area (Å²) in [5.41, 5.74) is 2.20. The molecule has 0 fully saturated rings. The van der Waals surface area contributed by atoms with Gasteiger partial charge in [-0.1, -0.05) is 41.0 Å². The molecular weight excluding hydrogens is 318 g/mol. The summed E-state index contributed by atoms with van der Waals surface area (Å²) in [7, 11) is 0. The van der Waals surface area contributed by atoms with E-state index < -0.39 is 5.97 Å². The zero-order valence-corrected chi connectivity index (χ0v) is 12.9. The van der Waals surface area contributed by atoms with E-state index in [1.807, 2.05) is 31.2 Å². The first-order valence-electron chi connectivity index (χ1n) is 6.81. The molecule has 2 aromatic heterocycles. The van der Waals surface area contributed by atoms with Gasteiger partial charge in [-0.15, -0.1) is 0 Å². The van der Waals surface area contributed by atoms with Gasteiger partial charge in [0.1, 0.15) is 5.15 Å². The second-order valence-corrected chi connectivity index (χ2v) is 5.16. The monoisotopic (exact) mass is 329 g/mol. The standard InChI is InChI=1S/C16H12ClN3O3/c1-10-4-2-3-5-12(10)15-19-14(23-20-15)9-22-16(21)11-6-7-13(17)18-8-11/h2-8H,9H2,1H3. The molecule has 116 valence electrons. The number of hydrogen-bond donors (Lipinski definition) is 0. The highest BCUT2D eigenvalue weighted by molar-refractivity contribution is 6.29. The molecule has 0 aliphatic heterocycles. The molecular formula is C16H12ClN3O3. The number of carbonyl (C=O) groups is 1. The number of rotatable bonds is 4. The summed E-state index contributed by atoms with van der Waals surface area (Å²) in [6, 6.07) is 10.7. The molecule has 3 rings (SSSR count). The third-order valence-electron chi connectivity index (χ3n) is 3.14. The summed E-state index contributed by atoms with van der Waals surface area (Å²) in [5, 5.41) is 4.21. The Balaban J connectivity index is 1.67. The van der Waals surface area contributed by atoms with Crippen LogP contribution >= 0.6 is 11.6 Å². The van der Waals surface area contributed by atoms with Crippen molar-refractivity contribution in [2.75, 3.05) is 0 Å². The number of pyridine rings is 1. The average Bonchev–Trinajstić information content (AvgIpc) is 3.02. The van der Waals surface area contributed by atoms with E-state index >= 15 is 0 Å². The van der Waals surface area contributed by atoms with Crippen LogP contribution in [0.1, 0.15) is 21.8 Å². The summed E-state index contributed by atoms with van der Waals surface area (Å²) in [6.07, 6.45) is 1.34. The SMILES string of the molecule is Cc1ccccc1-c1noc(COC(=O)c2ccc(Cl)nc2)n1. The topological polar surface area (TPSA) is 78.1 Å². The van der Waals surface area contributed by atoms with Gasteiger partial charge in [0.15, 0.2) is 6.61 Å². The number of ether oxygens (including phenoxy) is 1. The average molecular weight is 330 g/mol. The van der Waals surface area contributed by atoms with Gasteiger partial charge in [0, 0.05) is 11.8 Å². The molecule has 0 N–H and O–H groups in total. The normalized spacial score (nSPS) is 10.5. The molecule has 3 aromatic rings. The van der Waals surface area contributed by atoms with Gasteiger partial charge in [-0.2, -0.15) is 4.98 Å². The molecule has 0 unspecified atom stereocenters. The van der Waals surface area contributed by atoms with Crippen LogP contribution in [0.2, 0.25) is 5.15 Å². The fourth-order valence-electron chi connectivity index (χ4n) is 1.95. The molecule has 7 heteroatoms. The lowest BCUT2D eigenvalue weighted by atomic mass is 10.1. The summed E-state index contributed by atoms with van der Waals surface area (Å²) in [6.45, 7) is 1.85. The maximum absolute atomic E-state index is 11.9. The van der Waals surface area contributed by atoms with E-state index in [2.05, 4.69) is 15.1 Å². The minimum Gasteiger partial charge on any atom is -0.452 e. The van der Waals surface area contributed by atoms with Gasteiger partial charge in [0.05, 0.1) is 5.56 Å². The van der Waals surface area contributed by atoms with Crippen LogP contribution in [0.5, 0.6) is 0 Å². The molecule has 1 aromatic carbocycles. The molecule has 0 saturated heterocycles. The summed E-state index contributed by atoms with van der Waals surface area (Å²) < 4.78 is 10.2. The molecule has 0 spiro atoms. The molecule has 0 atom stereocenters. The van der Waals surface area contributed by atoms with Crippen molar-refractivity contribution in [3.63, 3.8) is 0 Å². The summed E-state index contributed by atoms with van der Waals surface area (Å²) >= 11 is 5.67. The van der Waals surface area contributed by atoms with Crippen molar-refractivity contribution < 1.29 is 14.1 Å². The lowest BCUT2D eigenvalue weighted by molar-refractivity contribution is 0.0429. The zero-order valence-electron chi connectivity index (χ0n) is 12.2. The maximum atomic E-state index is 11.9. The van der Waals surface area contributed by atoms with Gasteiger partial charge in [0.2, 0.25) is 5.82 Å². The van der Waals surface area contributed by atoms with E-state index in [4.69, 9.17) is 20.9 Å². The van der Waals surface area contributed by atoms with Gasteiger partial charge in [-0.3, -0.25) is 0 Å². The van der Waals surface area contributed by atoms with Gasteiger partial charge < -0.3 is 9.26 Å². The van der Waals surface area contributed by atoms with Gasteiger partial charge in [-0.25, -0.2) is 9.78 Å². The van der Waals surface area contributed by atoms with E-state index in [0.717, 1.165) is 11.1 Å². The van der Waals surface area contributed by atoms with E-state index in [1.165, 1.54) is 18.3 Å². The van der Waals surface area contributed by atoms with Crippen LogP contribution < -0.4 is 0 Å². The number of halogens is 1. The van der Waals surface area contributed by atoms with E-state index in [9.17, 15) is 4.79 Å². The highest BCUT2D eigenvalue weighted by atomic mass is 35.5. The second kappa shape index (κ2) is 6.58. The molecule has 0 aliphatic rings. The first-order chi connectivity index (χ1) is 11.1. The van der Waals surface area contributed by atoms with E-state index in [0.29, 0.717) is 16.5 Å². The Kier molecular flexibility index (Phi) is 4.34. The number of benzene rings is 1. The van der Waals surface area contributed by atoms with Crippen molar-refractivity contribution in [3.05, 3.63) is 64.8 Å². The Hall–Kier alpha value is -2.73. The fourth-order valence-corrected chi connectivity index (χ4v) is 2.07. The molecule has 2 heterocycles. The van der Waals surface area contributed by atoms with E-state index in [-0.39, 0.29) is 12.5 Å². The van der Waals surface area contributed by atoms with Crippen LogP contribution in [0.3, 0.4) is 0 Å². The van der Waals surface area contributed by atoms with Crippen LogP contribution in [0.15, 0.2) is 47.1 Å². The summed E-state index contributed by atoms with van der Waals surface area (Å²) in [4.78, 5) is 19.9. The van der Waals surface area contributed by atoms with Crippen LogP contribution in [0.4, 0.5) is 0 Å². The zero-order chi connectivity index (χ0) is 16.2. The van der Waals surface area contributed by atoms with Crippen LogP contribution in [0, 0.1) is 6.92 Å². The molecule has 23 heavy (non-hydrogen) atoms. The van der Waals surface area contributed by atoms with Crippen LogP contribution in [-0.2, 0) is 11.3 Å². The number of hydrogen-bond acceptors (Lipinski definition) is 6. The van der Waals surface area contributed by atoms with Gasteiger partial charge in [0.25, 0.3) is 5.89 Å². The predicted octanol–water partition coefficient (Wildman–Crippen LogP) is 3.45. The smallest absolute Gasteiger partial charge is 0.340 e. The largest absolute Gasteiger partial charge is 0.452 e. The minimum atomic E-state index is -0.537. The molecule has 0 aliphatic carbocycles. The number of aromatic nitrogens is 3. The molecule has 0 saturated carbocycles. The van der Waals surface area contributed by atoms with Crippen LogP contribution in [-0.4, -0.2) is 21.1 Å². The molecule has 0 amide bonds. The predicted molar refractivity (Wildman–Crippen MR) is 82.8 cm³/mol. The minimum absolute atomic E-state index is 0.111. The van der Waals surface area contributed by atoms with Crippen molar-refractivity contribution in [2.45, 2.75) is 13.5 Å². The molecule has 0 bridgehead atoms. The Bertz CT molecular complexity index is 831. The van der Waals surface area contributed by atoms with Crippen molar-refractivity contribution in [2.24, 2.45) is 0 Å². The van der Waals surface area contributed by atoms with Crippen molar-refractivity contribution in [1.29, 1.82) is 0 Å². The third-order valence-corrected chi connectivity index (χ3v) is 3.37. The number of nitrogens with zero attached hydrogens (tertiary/aromatic N) is 3. The Labute approximate surface area is 137 Å². The maximum Gasteiger partial charge on any atom is 0.340 e. The van der Waals surface area contributed by atoms with Crippen molar-refractivity contribution in [3.8, 4) is 11.4 Å². The number of aryl methyl sites for hydroxylation is 1. The Morgan fingerprint density at radius 2 is 2.09 bits per heavy atom. The first-order valence-corrected chi connectivity index (χ1v) is 7.18. The van der Waals surface area contributed by atoms with E-state index in [1.54, 1.807) is 0 Å². The lowest BCUT2D eigenvalue weighted by Crippen LogP contribution is -2.05. The lowest BCUT2D eigenvalue weighted by Gasteiger charge is -2.01. The highest BCUT2D eigenvalue weighted by Gasteiger charge is 2.13. The Morgan fingerprint density at radius 1 is 1.26 bits per heavy atom. The van der Waals surface area contributed by atoms with Crippen molar-refractivity contribution in [1.82, 2.24) is 15.1 Å². The number of esters is 1. The molecule has 6 nitrogen and oxygen atoms in total.